The van der Waals surface area contributed by atoms with E-state index in [0.29, 0.717) is 32.3 Å². The van der Waals surface area contributed by atoms with Crippen LogP contribution in [0.5, 0.6) is 0 Å². The Balaban J connectivity index is 1.54. The first-order valence-electron chi connectivity index (χ1n) is 10.6. The molecule has 7 heteroatoms. The van der Waals surface area contributed by atoms with Gasteiger partial charge in [-0.05, 0) is 48.4 Å². The molecule has 164 valence electrons. The summed E-state index contributed by atoms with van der Waals surface area (Å²) < 4.78 is 1.54. The van der Waals surface area contributed by atoms with E-state index in [1.54, 1.807) is 47.2 Å². The highest BCUT2D eigenvalue weighted by Crippen LogP contribution is 2.26. The summed E-state index contributed by atoms with van der Waals surface area (Å²) in [4.78, 5) is 34.5. The van der Waals surface area contributed by atoms with Crippen molar-refractivity contribution in [1.82, 2.24) is 14.5 Å². The molecule has 5 nitrogen and oxygen atoms in total. The second kappa shape index (κ2) is 8.89. The van der Waals surface area contributed by atoms with Crippen LogP contribution in [0.4, 0.5) is 0 Å². The predicted octanol–water partition coefficient (Wildman–Crippen LogP) is 6.06. The van der Waals surface area contributed by atoms with Crippen LogP contribution in [0.2, 0.25) is 5.02 Å². The summed E-state index contributed by atoms with van der Waals surface area (Å²) in [6.45, 7) is 2.09. The SMILES string of the molecule is CCc1cccc2c(C(=O)CSc3nc4ccccc4c(=O)n3-c3ccc(Cl)cc3)c[nH]c12. The maximum atomic E-state index is 13.3. The number of aromatic amines is 1. The van der Waals surface area contributed by atoms with Gasteiger partial charge in [-0.3, -0.25) is 14.2 Å². The summed E-state index contributed by atoms with van der Waals surface area (Å²) in [5, 5.41) is 2.48. The number of nitrogens with one attached hydrogen (secondary N) is 1. The molecule has 0 aliphatic heterocycles. The molecule has 33 heavy (non-hydrogen) atoms. The molecule has 0 saturated heterocycles. The van der Waals surface area contributed by atoms with Crippen LogP contribution in [0.3, 0.4) is 0 Å². The van der Waals surface area contributed by atoms with Crippen LogP contribution in [0.25, 0.3) is 27.5 Å². The number of carbonyl (C=O) groups is 1. The van der Waals surface area contributed by atoms with Crippen LogP contribution in [0.1, 0.15) is 22.8 Å². The molecule has 0 unspecified atom stereocenters. The zero-order chi connectivity index (χ0) is 22.9. The van der Waals surface area contributed by atoms with E-state index < -0.39 is 0 Å². The van der Waals surface area contributed by atoms with Crippen molar-refractivity contribution < 1.29 is 4.79 Å². The summed E-state index contributed by atoms with van der Waals surface area (Å²) >= 11 is 7.30. The standard InChI is InChI=1S/C26H20ClN3O2S/c1-2-16-6-5-8-19-21(14-28-24(16)19)23(31)15-33-26-29-22-9-4-3-7-20(22)25(32)30(26)18-12-10-17(27)11-13-18/h3-14,28H,2,15H2,1H3. The highest BCUT2D eigenvalue weighted by molar-refractivity contribution is 7.99. The Morgan fingerprint density at radius 3 is 2.58 bits per heavy atom. The molecule has 0 atom stereocenters. The lowest BCUT2D eigenvalue weighted by molar-refractivity contribution is 0.102. The minimum absolute atomic E-state index is 0.0235. The molecule has 0 amide bonds. The van der Waals surface area contributed by atoms with E-state index >= 15 is 0 Å². The van der Waals surface area contributed by atoms with E-state index in [0.717, 1.165) is 17.3 Å². The molecule has 0 spiro atoms. The zero-order valence-corrected chi connectivity index (χ0v) is 19.4. The van der Waals surface area contributed by atoms with Crippen molar-refractivity contribution in [2.24, 2.45) is 0 Å². The van der Waals surface area contributed by atoms with Crippen molar-refractivity contribution in [2.45, 2.75) is 18.5 Å². The number of nitrogens with zero attached hydrogens (tertiary/aromatic N) is 2. The van der Waals surface area contributed by atoms with Gasteiger partial charge in [-0.1, -0.05) is 60.6 Å². The summed E-state index contributed by atoms with van der Waals surface area (Å²) in [6, 6.07) is 20.2. The number of benzene rings is 3. The Bertz CT molecular complexity index is 1550. The van der Waals surface area contributed by atoms with Crippen molar-refractivity contribution in [2.75, 3.05) is 5.75 Å². The normalized spacial score (nSPS) is 11.3. The van der Waals surface area contributed by atoms with Gasteiger partial charge in [-0.25, -0.2) is 4.98 Å². The highest BCUT2D eigenvalue weighted by atomic mass is 35.5. The zero-order valence-electron chi connectivity index (χ0n) is 17.8. The number of rotatable bonds is 6. The fourth-order valence-electron chi connectivity index (χ4n) is 3.98. The first-order chi connectivity index (χ1) is 16.1. The Labute approximate surface area is 199 Å². The fourth-order valence-corrected chi connectivity index (χ4v) is 5.00. The lowest BCUT2D eigenvalue weighted by atomic mass is 10.1. The number of para-hydroxylation sites is 2. The van der Waals surface area contributed by atoms with Gasteiger partial charge in [0, 0.05) is 27.7 Å². The van der Waals surface area contributed by atoms with Gasteiger partial charge in [0.2, 0.25) is 0 Å². The number of aromatic nitrogens is 3. The maximum Gasteiger partial charge on any atom is 0.266 e. The van der Waals surface area contributed by atoms with E-state index in [4.69, 9.17) is 16.6 Å². The molecule has 5 rings (SSSR count). The average Bonchev–Trinajstić information content (AvgIpc) is 3.28. The Kier molecular flexibility index (Phi) is 5.79. The number of H-pyrrole nitrogens is 1. The van der Waals surface area contributed by atoms with Gasteiger partial charge in [-0.15, -0.1) is 0 Å². The quantitative estimate of drug-likeness (QED) is 0.185. The second-order valence-electron chi connectivity index (χ2n) is 7.64. The maximum absolute atomic E-state index is 13.3. The summed E-state index contributed by atoms with van der Waals surface area (Å²) in [6.07, 6.45) is 2.65. The van der Waals surface area contributed by atoms with E-state index in [1.165, 1.54) is 17.3 Å². The number of aryl methyl sites for hydroxylation is 1. The van der Waals surface area contributed by atoms with Crippen molar-refractivity contribution in [3.63, 3.8) is 0 Å². The van der Waals surface area contributed by atoms with E-state index in [9.17, 15) is 9.59 Å². The molecule has 1 N–H and O–H groups in total. The van der Waals surface area contributed by atoms with Crippen LogP contribution in [0.15, 0.2) is 82.9 Å². The first-order valence-corrected chi connectivity index (χ1v) is 12.0. The number of thioether (sulfide) groups is 1. The molecule has 5 aromatic rings. The van der Waals surface area contributed by atoms with Gasteiger partial charge in [-0.2, -0.15) is 0 Å². The molecule has 3 aromatic carbocycles. The van der Waals surface area contributed by atoms with Crippen LogP contribution >= 0.6 is 23.4 Å². The predicted molar refractivity (Wildman–Crippen MR) is 135 cm³/mol. The van der Waals surface area contributed by atoms with Gasteiger partial charge in [0.05, 0.1) is 22.3 Å². The summed E-state index contributed by atoms with van der Waals surface area (Å²) in [7, 11) is 0. The number of carbonyl (C=O) groups excluding carboxylic acids is 1. The molecule has 0 radical (unpaired) electrons. The van der Waals surface area contributed by atoms with Crippen LogP contribution in [-0.4, -0.2) is 26.1 Å². The topological polar surface area (TPSA) is 67.8 Å². The van der Waals surface area contributed by atoms with Crippen molar-refractivity contribution in [3.05, 3.63) is 99.4 Å². The van der Waals surface area contributed by atoms with Crippen LogP contribution in [0, 0.1) is 0 Å². The minimum atomic E-state index is -0.183. The molecule has 0 saturated carbocycles. The Morgan fingerprint density at radius 2 is 1.79 bits per heavy atom. The number of halogens is 1. The van der Waals surface area contributed by atoms with Crippen LogP contribution < -0.4 is 5.56 Å². The number of hydrogen-bond acceptors (Lipinski definition) is 4. The van der Waals surface area contributed by atoms with Gasteiger partial charge >= 0.3 is 0 Å². The van der Waals surface area contributed by atoms with Crippen molar-refractivity contribution in [3.8, 4) is 5.69 Å². The molecule has 0 aliphatic carbocycles. The number of ketones is 1. The van der Waals surface area contributed by atoms with Gasteiger partial charge in [0.25, 0.3) is 5.56 Å². The summed E-state index contributed by atoms with van der Waals surface area (Å²) in [5.74, 6) is 0.131. The molecule has 2 heterocycles. The van der Waals surface area contributed by atoms with Gasteiger partial charge in [0.1, 0.15) is 0 Å². The molecular weight excluding hydrogens is 454 g/mol. The van der Waals surface area contributed by atoms with E-state index in [2.05, 4.69) is 18.0 Å². The largest absolute Gasteiger partial charge is 0.360 e. The molecule has 2 aromatic heterocycles. The van der Waals surface area contributed by atoms with Gasteiger partial charge in [0.15, 0.2) is 10.9 Å². The smallest absolute Gasteiger partial charge is 0.266 e. The minimum Gasteiger partial charge on any atom is -0.360 e. The Morgan fingerprint density at radius 1 is 1.03 bits per heavy atom. The van der Waals surface area contributed by atoms with E-state index in [1.807, 2.05) is 24.3 Å². The Hall–Kier alpha value is -3.35. The monoisotopic (exact) mass is 473 g/mol. The lowest BCUT2D eigenvalue weighted by Gasteiger charge is -2.13. The number of hydrogen-bond donors (Lipinski definition) is 1. The summed E-state index contributed by atoms with van der Waals surface area (Å²) in [5.41, 5.74) is 3.88. The highest BCUT2D eigenvalue weighted by Gasteiger charge is 2.18. The number of Topliss-reactive ketones (excluding diaryl/α,β-unsaturated/α-hetero) is 1. The third-order valence-corrected chi connectivity index (χ3v) is 6.84. The second-order valence-corrected chi connectivity index (χ2v) is 9.01. The van der Waals surface area contributed by atoms with Gasteiger partial charge < -0.3 is 4.98 Å². The molecular formula is C26H20ClN3O2S. The molecule has 0 bridgehead atoms. The fraction of sp³-hybridized carbons (Fsp3) is 0.115. The average molecular weight is 474 g/mol. The van der Waals surface area contributed by atoms with E-state index in [-0.39, 0.29) is 17.1 Å². The third kappa shape index (κ3) is 3.96. The lowest BCUT2D eigenvalue weighted by Crippen LogP contribution is -2.22. The first kappa shape index (κ1) is 21.5. The van der Waals surface area contributed by atoms with Crippen molar-refractivity contribution >= 4 is 51.0 Å². The third-order valence-electron chi connectivity index (χ3n) is 5.65. The number of fused-ring (bicyclic) bond motifs is 2. The van der Waals surface area contributed by atoms with Crippen LogP contribution in [-0.2, 0) is 6.42 Å². The molecule has 0 fully saturated rings. The molecule has 0 aliphatic rings. The van der Waals surface area contributed by atoms with Crippen molar-refractivity contribution in [1.29, 1.82) is 0 Å².